The molecule has 0 fully saturated rings. The van der Waals surface area contributed by atoms with Gasteiger partial charge in [0.05, 0.1) is 5.39 Å². The Morgan fingerprint density at radius 3 is 2.48 bits per heavy atom. The molecule has 1 aromatic heterocycles. The maximum absolute atomic E-state index is 12.9. The number of para-hydroxylation sites is 1. The summed E-state index contributed by atoms with van der Waals surface area (Å²) < 4.78 is 17.1. The summed E-state index contributed by atoms with van der Waals surface area (Å²) >= 11 is 0. The highest BCUT2D eigenvalue weighted by molar-refractivity contribution is 5.97. The largest absolute Gasteiger partial charge is 0.484 e. The van der Waals surface area contributed by atoms with Crippen LogP contribution in [0.3, 0.4) is 0 Å². The van der Waals surface area contributed by atoms with Gasteiger partial charge in [-0.1, -0.05) is 30.3 Å². The van der Waals surface area contributed by atoms with E-state index < -0.39 is 0 Å². The zero-order valence-corrected chi connectivity index (χ0v) is 18.1. The summed E-state index contributed by atoms with van der Waals surface area (Å²) in [5.74, 6) is 0.875. The van der Waals surface area contributed by atoms with Crippen molar-refractivity contribution < 1.29 is 23.5 Å². The summed E-state index contributed by atoms with van der Waals surface area (Å²) in [6.45, 7) is 2.85. The molecule has 0 aliphatic rings. The minimum atomic E-state index is -0.389. The predicted octanol–water partition coefficient (Wildman–Crippen LogP) is 5.11. The van der Waals surface area contributed by atoms with E-state index in [4.69, 9.17) is 13.9 Å². The molecule has 0 bridgehead atoms. The fourth-order valence-corrected chi connectivity index (χ4v) is 3.24. The zero-order valence-electron chi connectivity index (χ0n) is 18.1. The van der Waals surface area contributed by atoms with Crippen molar-refractivity contribution in [2.45, 2.75) is 13.8 Å². The third kappa shape index (κ3) is 5.10. The molecule has 7 heteroatoms. The smallest absolute Gasteiger partial charge is 0.262 e. The van der Waals surface area contributed by atoms with Gasteiger partial charge in [-0.3, -0.25) is 14.4 Å². The molecule has 0 saturated carbocycles. The summed E-state index contributed by atoms with van der Waals surface area (Å²) in [7, 11) is 0. The first-order valence-electron chi connectivity index (χ1n) is 10.2. The van der Waals surface area contributed by atoms with Crippen LogP contribution in [0.1, 0.15) is 23.0 Å². The first-order chi connectivity index (χ1) is 15.9. The minimum Gasteiger partial charge on any atom is -0.484 e. The average Bonchev–Trinajstić information content (AvgIpc) is 2.81. The van der Waals surface area contributed by atoms with Crippen LogP contribution in [0.2, 0.25) is 0 Å². The summed E-state index contributed by atoms with van der Waals surface area (Å²) in [6, 6.07) is 20.4. The van der Waals surface area contributed by atoms with Gasteiger partial charge in [0.1, 0.15) is 22.8 Å². The molecule has 0 aliphatic carbocycles. The van der Waals surface area contributed by atoms with Crippen LogP contribution >= 0.6 is 0 Å². The number of benzene rings is 3. The molecular weight excluding hydrogens is 422 g/mol. The molecule has 33 heavy (non-hydrogen) atoms. The number of ether oxygens (including phenoxy) is 2. The summed E-state index contributed by atoms with van der Waals surface area (Å²) in [5, 5.41) is 3.02. The lowest BCUT2D eigenvalue weighted by Gasteiger charge is -2.11. The lowest BCUT2D eigenvalue weighted by atomic mass is 10.1. The molecule has 0 unspecified atom stereocenters. The molecule has 1 heterocycles. The Morgan fingerprint density at radius 1 is 0.939 bits per heavy atom. The highest BCUT2D eigenvalue weighted by Gasteiger charge is 2.15. The van der Waals surface area contributed by atoms with E-state index in [2.05, 4.69) is 5.32 Å². The predicted molar refractivity (Wildman–Crippen MR) is 124 cm³/mol. The second kappa shape index (κ2) is 9.40. The molecule has 1 amide bonds. The van der Waals surface area contributed by atoms with Gasteiger partial charge in [0.25, 0.3) is 5.91 Å². The van der Waals surface area contributed by atoms with Crippen LogP contribution in [-0.2, 0) is 4.79 Å². The summed E-state index contributed by atoms with van der Waals surface area (Å²) in [6.07, 6.45) is 0. The number of hydrogen-bond donors (Lipinski definition) is 1. The number of anilines is 1. The Balaban J connectivity index is 1.47. The van der Waals surface area contributed by atoms with E-state index >= 15 is 0 Å². The van der Waals surface area contributed by atoms with Crippen LogP contribution in [0.4, 0.5) is 5.69 Å². The Bertz CT molecular complexity index is 1390. The van der Waals surface area contributed by atoms with Gasteiger partial charge < -0.3 is 19.2 Å². The quantitative estimate of drug-likeness (QED) is 0.399. The van der Waals surface area contributed by atoms with Crippen LogP contribution in [-0.4, -0.2) is 18.3 Å². The van der Waals surface area contributed by atoms with E-state index in [1.54, 1.807) is 61.5 Å². The number of aryl methyl sites for hydroxylation is 1. The van der Waals surface area contributed by atoms with Crippen LogP contribution in [0.5, 0.6) is 17.2 Å². The highest BCUT2D eigenvalue weighted by atomic mass is 16.5. The Labute approximate surface area is 189 Å². The van der Waals surface area contributed by atoms with Crippen molar-refractivity contribution in [3.05, 3.63) is 94.3 Å². The van der Waals surface area contributed by atoms with Gasteiger partial charge in [-0.15, -0.1) is 0 Å². The SMILES string of the molecule is CC(=O)c1cccc(NC(=O)COc2ccc3c(=O)c(Oc4ccccc4)c(C)oc3c2)c1. The number of Topliss-reactive ketones (excluding diaryl/α,β-unsaturated/α-hetero) is 1. The van der Waals surface area contributed by atoms with Gasteiger partial charge >= 0.3 is 0 Å². The van der Waals surface area contributed by atoms with Crippen LogP contribution in [0.25, 0.3) is 11.0 Å². The molecular formula is C26H21NO6. The van der Waals surface area contributed by atoms with Crippen molar-refractivity contribution in [2.24, 2.45) is 0 Å². The maximum Gasteiger partial charge on any atom is 0.262 e. The molecule has 0 atom stereocenters. The molecule has 4 rings (SSSR count). The summed E-state index contributed by atoms with van der Waals surface area (Å²) in [5.41, 5.74) is 1.03. The average molecular weight is 443 g/mol. The molecule has 166 valence electrons. The second-order valence-electron chi connectivity index (χ2n) is 7.36. The normalized spacial score (nSPS) is 10.6. The van der Waals surface area contributed by atoms with Gasteiger partial charge in [0.2, 0.25) is 11.2 Å². The lowest BCUT2D eigenvalue weighted by Crippen LogP contribution is -2.20. The number of rotatable bonds is 7. The van der Waals surface area contributed by atoms with E-state index in [9.17, 15) is 14.4 Å². The molecule has 0 aliphatic heterocycles. The van der Waals surface area contributed by atoms with Crippen molar-refractivity contribution in [3.63, 3.8) is 0 Å². The number of amides is 1. The third-order valence-electron chi connectivity index (χ3n) is 4.87. The van der Waals surface area contributed by atoms with Crippen LogP contribution < -0.4 is 20.2 Å². The topological polar surface area (TPSA) is 94.8 Å². The fourth-order valence-electron chi connectivity index (χ4n) is 3.24. The van der Waals surface area contributed by atoms with E-state index in [0.29, 0.717) is 39.5 Å². The van der Waals surface area contributed by atoms with E-state index in [1.165, 1.54) is 6.92 Å². The molecule has 1 N–H and O–H groups in total. The third-order valence-corrected chi connectivity index (χ3v) is 4.87. The highest BCUT2D eigenvalue weighted by Crippen LogP contribution is 2.27. The monoisotopic (exact) mass is 443 g/mol. The van der Waals surface area contributed by atoms with Gasteiger partial charge in [-0.25, -0.2) is 0 Å². The first-order valence-corrected chi connectivity index (χ1v) is 10.2. The number of carbonyl (C=O) groups is 2. The van der Waals surface area contributed by atoms with Gasteiger partial charge in [-0.2, -0.15) is 0 Å². The van der Waals surface area contributed by atoms with Crippen molar-refractivity contribution >= 4 is 28.3 Å². The van der Waals surface area contributed by atoms with E-state index in [-0.39, 0.29) is 29.5 Å². The van der Waals surface area contributed by atoms with Crippen molar-refractivity contribution in [1.29, 1.82) is 0 Å². The molecule has 0 radical (unpaired) electrons. The van der Waals surface area contributed by atoms with E-state index in [1.807, 2.05) is 18.2 Å². The van der Waals surface area contributed by atoms with Crippen molar-refractivity contribution in [3.8, 4) is 17.2 Å². The lowest BCUT2D eigenvalue weighted by molar-refractivity contribution is -0.118. The van der Waals surface area contributed by atoms with Gasteiger partial charge in [0, 0.05) is 17.3 Å². The second-order valence-corrected chi connectivity index (χ2v) is 7.36. The van der Waals surface area contributed by atoms with Crippen LogP contribution in [0.15, 0.2) is 82.0 Å². The number of fused-ring (bicyclic) bond motifs is 1. The van der Waals surface area contributed by atoms with Crippen LogP contribution in [0, 0.1) is 6.92 Å². The van der Waals surface area contributed by atoms with Gasteiger partial charge in [0.15, 0.2) is 12.4 Å². The molecule has 4 aromatic rings. The Kier molecular flexibility index (Phi) is 6.22. The number of ketones is 1. The maximum atomic E-state index is 12.9. The first kappa shape index (κ1) is 21.8. The molecule has 0 saturated heterocycles. The fraction of sp³-hybridized carbons (Fsp3) is 0.115. The zero-order chi connectivity index (χ0) is 23.4. The Hall–Kier alpha value is -4.39. The number of nitrogens with one attached hydrogen (secondary N) is 1. The standard InChI is InChI=1S/C26H21NO6/c1-16(28)18-7-6-8-19(13-18)27-24(29)15-31-21-11-12-22-23(14-21)32-17(2)26(25(22)30)33-20-9-4-3-5-10-20/h3-14H,15H2,1-2H3,(H,27,29). The Morgan fingerprint density at radius 2 is 1.73 bits per heavy atom. The van der Waals surface area contributed by atoms with E-state index in [0.717, 1.165) is 0 Å². The van der Waals surface area contributed by atoms with Crippen molar-refractivity contribution in [2.75, 3.05) is 11.9 Å². The molecule has 7 nitrogen and oxygen atoms in total. The number of hydrogen-bond acceptors (Lipinski definition) is 6. The van der Waals surface area contributed by atoms with Crippen molar-refractivity contribution in [1.82, 2.24) is 0 Å². The van der Waals surface area contributed by atoms with Gasteiger partial charge in [-0.05, 0) is 50.2 Å². The summed E-state index contributed by atoms with van der Waals surface area (Å²) in [4.78, 5) is 36.6. The minimum absolute atomic E-state index is 0.0902. The number of carbonyl (C=O) groups excluding carboxylic acids is 2. The molecule has 0 spiro atoms. The molecule has 3 aromatic carbocycles.